The van der Waals surface area contributed by atoms with E-state index in [4.69, 9.17) is 0 Å². The fourth-order valence-corrected chi connectivity index (χ4v) is 15.1. The molecule has 0 N–H and O–H groups in total. The van der Waals surface area contributed by atoms with Gasteiger partial charge in [-0.3, -0.25) is 0 Å². The molecule has 0 spiro atoms. The average Bonchev–Trinajstić information content (AvgIpc) is 0.791. The average molecular weight is 1670 g/mol. The summed E-state index contributed by atoms with van der Waals surface area (Å²) in [4.78, 5) is 0. The Morgan fingerprint density at radius 3 is 0.803 bits per heavy atom. The third kappa shape index (κ3) is 39.1. The van der Waals surface area contributed by atoms with Crippen molar-refractivity contribution in [2.75, 3.05) is 0 Å². The van der Waals surface area contributed by atoms with Gasteiger partial charge in [0.15, 0.2) is 0 Å². The summed E-state index contributed by atoms with van der Waals surface area (Å²) in [5.41, 5.74) is 42.8. The summed E-state index contributed by atoms with van der Waals surface area (Å²) >= 11 is 0. The molecule has 122 heavy (non-hydrogen) atoms. The highest BCUT2D eigenvalue weighted by Crippen LogP contribution is 2.42. The van der Waals surface area contributed by atoms with Crippen molar-refractivity contribution in [3.05, 3.63) is 312 Å². The van der Waals surface area contributed by atoms with E-state index in [9.17, 15) is 13.2 Å². The molecule has 0 unspecified atom stereocenters. The maximum Gasteiger partial charge on any atom is 0.394 e. The standard InChI is InChI=1S/C16H23F3.C16H26.2C15H24.2C13H20.C12H18.C10H14.C9H12/c1-11-7-8-12(9-13(11)14(2,3)4)10-15(5,6)16(17,18)19;1-12-8-9-13(11-15(2,3)4)10-14(12)16(5,6)7;1-11-8-9-12(14(2,3)4)10-13(11)15(5,6)7;1-11(2)9-13-8-7-12(3)14(10-13)15(4,5)6;1-9-7-12(13(4,5)6)8-10(2)11(9)3;1-9(2)6-13-7-10(3)12(5)11(4)8-13;1-8(2)12-6-9(3)11(5)10(4)7-12;1-7-5-8(2)10(4)9(3)6-7;1-7-5-4-6-8(2)9(7)3/h7-9H,10H2,1-6H3;8-10H,11H2,1-7H3;8-10H,1-7H3;7-8,10-11H,9H2,1-6H3;7-8H,1-6H3;7-9H,6H2,1-5H3;6-8H,1-5H3;5-6H,1-4H3;4-6H,1-3H3. The Balaban J connectivity index is 0.000000691. The lowest BCUT2D eigenvalue weighted by Gasteiger charge is -2.29. The largest absolute Gasteiger partial charge is 0.394 e. The molecule has 0 saturated carbocycles. The number of hydrogen-bond acceptors (Lipinski definition) is 0. The van der Waals surface area contributed by atoms with Crippen LogP contribution in [0.5, 0.6) is 0 Å². The highest BCUT2D eigenvalue weighted by molar-refractivity contribution is 5.44. The summed E-state index contributed by atoms with van der Waals surface area (Å²) in [5, 5.41) is 0. The van der Waals surface area contributed by atoms with Gasteiger partial charge in [-0.25, -0.2) is 0 Å². The van der Waals surface area contributed by atoms with Crippen molar-refractivity contribution in [2.24, 2.45) is 22.7 Å². The zero-order chi connectivity index (χ0) is 95.2. The van der Waals surface area contributed by atoms with E-state index in [1.165, 1.54) is 182 Å². The quantitative estimate of drug-likeness (QED) is 0.142. The van der Waals surface area contributed by atoms with Crippen molar-refractivity contribution >= 4 is 0 Å². The molecule has 0 atom stereocenters. The van der Waals surface area contributed by atoms with Gasteiger partial charge in [0.2, 0.25) is 0 Å². The molecule has 0 amide bonds. The van der Waals surface area contributed by atoms with E-state index in [0.717, 1.165) is 34.9 Å². The molecular formula is C119H181F3. The molecule has 0 bridgehead atoms. The molecular weight excluding hydrogens is 1490 g/mol. The lowest BCUT2D eigenvalue weighted by Crippen LogP contribution is -2.34. The highest BCUT2D eigenvalue weighted by Gasteiger charge is 2.47. The number of hydrogen-bond donors (Lipinski definition) is 0. The van der Waals surface area contributed by atoms with Crippen LogP contribution in [-0.2, 0) is 58.2 Å². The second-order valence-corrected chi connectivity index (χ2v) is 45.5. The van der Waals surface area contributed by atoms with Gasteiger partial charge in [-0.2, -0.15) is 13.2 Å². The van der Waals surface area contributed by atoms with Crippen molar-refractivity contribution < 1.29 is 13.2 Å². The van der Waals surface area contributed by atoms with Gasteiger partial charge < -0.3 is 0 Å². The van der Waals surface area contributed by atoms with Crippen molar-refractivity contribution in [3.63, 3.8) is 0 Å². The van der Waals surface area contributed by atoms with Gasteiger partial charge in [-0.15, -0.1) is 0 Å². The first-order valence-corrected chi connectivity index (χ1v) is 45.8. The molecule has 9 aromatic carbocycles. The number of aryl methyl sites for hydroxylation is 15. The first-order valence-electron chi connectivity index (χ1n) is 45.8. The summed E-state index contributed by atoms with van der Waals surface area (Å²) in [6.07, 6.45) is -0.638. The fourth-order valence-electron chi connectivity index (χ4n) is 15.1. The third-order valence-corrected chi connectivity index (χ3v) is 24.0. The molecule has 0 aliphatic carbocycles. The molecule has 3 heteroatoms. The highest BCUT2D eigenvalue weighted by atomic mass is 19.4. The molecule has 0 aromatic heterocycles. The van der Waals surface area contributed by atoms with E-state index in [2.05, 4.69) is 440 Å². The molecule has 0 aliphatic heterocycles. The number of rotatable bonds is 8. The van der Waals surface area contributed by atoms with Crippen molar-refractivity contribution in [1.82, 2.24) is 0 Å². The Morgan fingerprint density at radius 1 is 0.238 bits per heavy atom. The van der Waals surface area contributed by atoms with Gasteiger partial charge in [-0.05, 0) is 387 Å². The number of halogens is 3. The normalized spacial score (nSPS) is 12.0. The van der Waals surface area contributed by atoms with Gasteiger partial charge in [-0.1, -0.05) is 346 Å². The first-order chi connectivity index (χ1) is 55.0. The molecule has 0 radical (unpaired) electrons. The van der Waals surface area contributed by atoms with Crippen LogP contribution in [0.3, 0.4) is 0 Å². The van der Waals surface area contributed by atoms with E-state index in [1.807, 2.05) is 19.1 Å². The molecule has 678 valence electrons. The van der Waals surface area contributed by atoms with Crippen LogP contribution in [0.15, 0.2) is 140 Å². The summed E-state index contributed by atoms with van der Waals surface area (Å²) in [6.45, 7) is 107. The summed E-state index contributed by atoms with van der Waals surface area (Å²) in [6, 6.07) is 51.0. The van der Waals surface area contributed by atoms with Crippen LogP contribution >= 0.6 is 0 Å². The monoisotopic (exact) mass is 1670 g/mol. The Hall–Kier alpha value is -7.23. The van der Waals surface area contributed by atoms with Gasteiger partial charge in [0.25, 0.3) is 0 Å². The Kier molecular flexibility index (Phi) is 43.3. The van der Waals surface area contributed by atoms with E-state index < -0.39 is 11.6 Å². The minimum absolute atomic E-state index is 0.0138. The SMILES string of the molecule is Cc1cc(C(C)(C)C)cc(C)c1C.Cc1cc(C(C)C)cc(C)c1C.Cc1cc(C)c(C)c(C)c1.Cc1cc(CC(C)C)cc(C)c1C.Cc1ccc(C(C)(C)C)cc1C(C)(C)C.Cc1ccc(CC(C)(C)C(F)(F)F)cc1C(C)(C)C.Cc1ccc(CC(C)(C)C)cc1C(C)(C)C.Cc1ccc(CC(C)C)cc1C(C)(C)C.Cc1cccc(C)c1C. The van der Waals surface area contributed by atoms with Gasteiger partial charge in [0.05, 0.1) is 5.41 Å². The summed E-state index contributed by atoms with van der Waals surface area (Å²) < 4.78 is 38.8. The minimum atomic E-state index is -4.18. The lowest BCUT2D eigenvalue weighted by atomic mass is 9.79. The van der Waals surface area contributed by atoms with Crippen LogP contribution in [0.2, 0.25) is 0 Å². The van der Waals surface area contributed by atoms with Crippen molar-refractivity contribution in [2.45, 2.75) is 410 Å². The van der Waals surface area contributed by atoms with Crippen LogP contribution in [0.1, 0.15) is 379 Å². The zero-order valence-corrected chi connectivity index (χ0v) is 88.0. The maximum atomic E-state index is 12.9. The van der Waals surface area contributed by atoms with Gasteiger partial charge in [0.1, 0.15) is 0 Å². The molecule has 0 nitrogen and oxygen atoms in total. The summed E-state index contributed by atoms with van der Waals surface area (Å²) in [7, 11) is 0. The van der Waals surface area contributed by atoms with Crippen molar-refractivity contribution in [1.29, 1.82) is 0 Å². The lowest BCUT2D eigenvalue weighted by molar-refractivity contribution is -0.211. The second kappa shape index (κ2) is 46.8. The Labute approximate surface area is 752 Å². The number of alkyl halides is 3. The second-order valence-electron chi connectivity index (χ2n) is 45.5. The van der Waals surface area contributed by atoms with E-state index in [-0.39, 0.29) is 38.9 Å². The maximum absolute atomic E-state index is 12.9. The van der Waals surface area contributed by atoms with Crippen molar-refractivity contribution in [3.8, 4) is 0 Å². The van der Waals surface area contributed by atoms with Crippen LogP contribution in [0.4, 0.5) is 13.2 Å². The van der Waals surface area contributed by atoms with Crippen LogP contribution in [0, 0.1) is 161 Å². The Morgan fingerprint density at radius 2 is 0.508 bits per heavy atom. The van der Waals surface area contributed by atoms with E-state index >= 15 is 0 Å². The van der Waals surface area contributed by atoms with Gasteiger partial charge >= 0.3 is 6.18 Å². The molecule has 0 aliphatic rings. The smallest absolute Gasteiger partial charge is 0.171 e. The van der Waals surface area contributed by atoms with E-state index in [1.54, 1.807) is 6.07 Å². The zero-order valence-electron chi connectivity index (χ0n) is 88.0. The Bertz CT molecular complexity index is 4620. The molecule has 0 fully saturated rings. The number of benzene rings is 9. The van der Waals surface area contributed by atoms with E-state index in [0.29, 0.717) is 11.3 Å². The van der Waals surface area contributed by atoms with Gasteiger partial charge in [0, 0.05) is 0 Å². The topological polar surface area (TPSA) is 0 Å². The summed E-state index contributed by atoms with van der Waals surface area (Å²) in [5.74, 6) is 2.13. The van der Waals surface area contributed by atoms with Crippen LogP contribution in [-0.4, -0.2) is 6.18 Å². The molecule has 9 rings (SSSR count). The van der Waals surface area contributed by atoms with Crippen LogP contribution < -0.4 is 0 Å². The predicted molar refractivity (Wildman–Crippen MR) is 543 cm³/mol. The first kappa shape index (κ1) is 113. The predicted octanol–water partition coefficient (Wildman–Crippen LogP) is 36.4. The third-order valence-electron chi connectivity index (χ3n) is 24.0. The van der Waals surface area contributed by atoms with Crippen LogP contribution in [0.25, 0.3) is 0 Å². The molecule has 0 heterocycles. The minimum Gasteiger partial charge on any atom is -0.171 e. The molecule has 0 saturated heterocycles. The fraction of sp³-hybridized carbons (Fsp3) is 0.546. The molecule has 9 aromatic rings.